The monoisotopic (exact) mass is 458 g/mol. The third-order valence-electron chi connectivity index (χ3n) is 5.55. The topological polar surface area (TPSA) is 94.1 Å². The molecular weight excluding hydrogens is 428 g/mol. The molecule has 2 unspecified atom stereocenters. The van der Waals surface area contributed by atoms with Crippen LogP contribution in [-0.2, 0) is 19.5 Å². The van der Waals surface area contributed by atoms with Gasteiger partial charge in [0.1, 0.15) is 0 Å². The van der Waals surface area contributed by atoms with Crippen LogP contribution in [-0.4, -0.2) is 39.4 Å². The van der Waals surface area contributed by atoms with E-state index in [4.69, 9.17) is 9.47 Å². The summed E-state index contributed by atoms with van der Waals surface area (Å²) in [6.07, 6.45) is 1.90. The first-order chi connectivity index (χ1) is 15.4. The third kappa shape index (κ3) is 5.55. The molecule has 0 heterocycles. The SMILES string of the molecule is CCOC(=O)c1ccccc1C1CC(OCC)CCC1=NNS(=O)(=O)c1ccccc1C. The first-order valence-electron chi connectivity index (χ1n) is 10.9. The van der Waals surface area contributed by atoms with E-state index in [1.165, 1.54) is 0 Å². The number of hydrogen-bond acceptors (Lipinski definition) is 6. The largest absolute Gasteiger partial charge is 0.462 e. The van der Waals surface area contributed by atoms with Crippen molar-refractivity contribution in [3.05, 3.63) is 65.2 Å². The lowest BCUT2D eigenvalue weighted by Crippen LogP contribution is -2.32. The smallest absolute Gasteiger partial charge is 0.338 e. The molecule has 0 spiro atoms. The minimum Gasteiger partial charge on any atom is -0.462 e. The van der Waals surface area contributed by atoms with E-state index in [9.17, 15) is 13.2 Å². The van der Waals surface area contributed by atoms with Crippen molar-refractivity contribution in [1.82, 2.24) is 4.83 Å². The fourth-order valence-corrected chi connectivity index (χ4v) is 5.13. The number of ether oxygens (including phenoxy) is 2. The quantitative estimate of drug-likeness (QED) is 0.473. The zero-order valence-corrected chi connectivity index (χ0v) is 19.5. The Kier molecular flexibility index (Phi) is 8.04. The molecule has 8 heteroatoms. The first-order valence-corrected chi connectivity index (χ1v) is 12.4. The minimum atomic E-state index is -3.82. The molecule has 32 heavy (non-hydrogen) atoms. The number of hydrogen-bond donors (Lipinski definition) is 1. The molecule has 0 bridgehead atoms. The number of carbonyl (C=O) groups is 1. The van der Waals surface area contributed by atoms with Crippen molar-refractivity contribution in [2.24, 2.45) is 5.10 Å². The second-order valence-electron chi connectivity index (χ2n) is 7.68. The van der Waals surface area contributed by atoms with Crippen molar-refractivity contribution in [3.63, 3.8) is 0 Å². The molecule has 2 atom stereocenters. The van der Waals surface area contributed by atoms with Crippen LogP contribution in [0.3, 0.4) is 0 Å². The Morgan fingerprint density at radius 1 is 1.09 bits per heavy atom. The molecule has 7 nitrogen and oxygen atoms in total. The van der Waals surface area contributed by atoms with Gasteiger partial charge in [-0.1, -0.05) is 36.4 Å². The molecule has 1 aliphatic carbocycles. The number of sulfonamides is 1. The summed E-state index contributed by atoms with van der Waals surface area (Å²) in [6, 6.07) is 14.0. The molecule has 0 radical (unpaired) electrons. The van der Waals surface area contributed by atoms with Gasteiger partial charge in [0, 0.05) is 18.2 Å². The lowest BCUT2D eigenvalue weighted by atomic mass is 9.79. The van der Waals surface area contributed by atoms with E-state index in [2.05, 4.69) is 9.93 Å². The second kappa shape index (κ2) is 10.7. The van der Waals surface area contributed by atoms with Crippen LogP contribution in [0.5, 0.6) is 0 Å². The fraction of sp³-hybridized carbons (Fsp3) is 0.417. The van der Waals surface area contributed by atoms with Crippen molar-refractivity contribution < 1.29 is 22.7 Å². The van der Waals surface area contributed by atoms with Crippen LogP contribution in [0.25, 0.3) is 0 Å². The standard InChI is InChI=1S/C24H30N2O5S/c1-4-30-18-14-15-22(25-26-32(28,29)23-13-9-6-10-17(23)3)21(16-18)19-11-7-8-12-20(19)24(27)31-5-2/h6-13,18,21,26H,4-5,14-16H2,1-3H3. The number of carbonyl (C=O) groups excluding carboxylic acids is 1. The molecule has 2 aromatic rings. The van der Waals surface area contributed by atoms with Gasteiger partial charge in [-0.15, -0.1) is 0 Å². The lowest BCUT2D eigenvalue weighted by molar-refractivity contribution is 0.0447. The highest BCUT2D eigenvalue weighted by Gasteiger charge is 2.32. The number of hydrazone groups is 1. The number of aryl methyl sites for hydroxylation is 1. The van der Waals surface area contributed by atoms with Gasteiger partial charge in [-0.25, -0.2) is 9.63 Å². The highest BCUT2D eigenvalue weighted by atomic mass is 32.2. The van der Waals surface area contributed by atoms with Crippen molar-refractivity contribution >= 4 is 21.7 Å². The van der Waals surface area contributed by atoms with Crippen LogP contribution < -0.4 is 4.83 Å². The average molecular weight is 459 g/mol. The van der Waals surface area contributed by atoms with E-state index in [0.717, 1.165) is 12.0 Å². The van der Waals surface area contributed by atoms with Gasteiger partial charge < -0.3 is 9.47 Å². The second-order valence-corrected chi connectivity index (χ2v) is 9.30. The fourth-order valence-electron chi connectivity index (χ4n) is 4.05. The minimum absolute atomic E-state index is 0.00664. The number of nitrogens with one attached hydrogen (secondary N) is 1. The Balaban J connectivity index is 1.96. The molecule has 0 aromatic heterocycles. The molecule has 0 aliphatic heterocycles. The molecule has 1 N–H and O–H groups in total. The highest BCUT2D eigenvalue weighted by molar-refractivity contribution is 7.89. The van der Waals surface area contributed by atoms with Gasteiger partial charge in [0.15, 0.2) is 0 Å². The normalized spacial score (nSPS) is 20.2. The number of benzene rings is 2. The predicted molar refractivity (Wildman–Crippen MR) is 123 cm³/mol. The Morgan fingerprint density at radius 3 is 2.53 bits per heavy atom. The van der Waals surface area contributed by atoms with Gasteiger partial charge in [0.2, 0.25) is 0 Å². The van der Waals surface area contributed by atoms with Crippen LogP contribution in [0.1, 0.15) is 60.5 Å². The summed E-state index contributed by atoms with van der Waals surface area (Å²) in [7, 11) is -3.82. The van der Waals surface area contributed by atoms with Gasteiger partial charge in [-0.3, -0.25) is 0 Å². The van der Waals surface area contributed by atoms with Gasteiger partial charge in [0.05, 0.1) is 23.2 Å². The molecule has 3 rings (SSSR count). The summed E-state index contributed by atoms with van der Waals surface area (Å²) in [5.74, 6) is -0.665. The maximum absolute atomic E-state index is 12.8. The summed E-state index contributed by atoms with van der Waals surface area (Å²) in [4.78, 5) is 15.2. The van der Waals surface area contributed by atoms with Gasteiger partial charge in [-0.05, 0) is 63.3 Å². The van der Waals surface area contributed by atoms with Crippen LogP contribution in [0.2, 0.25) is 0 Å². The van der Waals surface area contributed by atoms with Crippen molar-refractivity contribution in [1.29, 1.82) is 0 Å². The first kappa shape index (κ1) is 23.9. The van der Waals surface area contributed by atoms with Crippen LogP contribution in [0, 0.1) is 6.92 Å². The lowest BCUT2D eigenvalue weighted by Gasteiger charge is -2.31. The summed E-state index contributed by atoms with van der Waals surface area (Å²) in [5, 5.41) is 4.34. The summed E-state index contributed by atoms with van der Waals surface area (Å²) in [5.41, 5.74) is 2.55. The number of esters is 1. The Labute approximate surface area is 189 Å². The van der Waals surface area contributed by atoms with E-state index in [-0.39, 0.29) is 23.5 Å². The molecule has 0 saturated heterocycles. The van der Waals surface area contributed by atoms with E-state index in [0.29, 0.717) is 36.3 Å². The highest BCUT2D eigenvalue weighted by Crippen LogP contribution is 2.34. The van der Waals surface area contributed by atoms with Crippen molar-refractivity contribution in [2.75, 3.05) is 13.2 Å². The molecular formula is C24H30N2O5S. The number of rotatable bonds is 8. The predicted octanol–water partition coefficient (Wildman–Crippen LogP) is 4.18. The molecule has 1 aliphatic rings. The van der Waals surface area contributed by atoms with Crippen molar-refractivity contribution in [3.8, 4) is 0 Å². The summed E-state index contributed by atoms with van der Waals surface area (Å²) >= 11 is 0. The van der Waals surface area contributed by atoms with Gasteiger partial charge in [-0.2, -0.15) is 13.5 Å². The zero-order valence-electron chi connectivity index (χ0n) is 18.7. The molecule has 1 saturated carbocycles. The van der Waals surface area contributed by atoms with E-state index >= 15 is 0 Å². The van der Waals surface area contributed by atoms with Crippen LogP contribution in [0.15, 0.2) is 58.5 Å². The maximum Gasteiger partial charge on any atom is 0.338 e. The Bertz CT molecular complexity index is 1080. The van der Waals surface area contributed by atoms with Crippen molar-refractivity contribution in [2.45, 2.75) is 57.0 Å². The Hall–Kier alpha value is -2.71. The van der Waals surface area contributed by atoms with E-state index in [1.54, 1.807) is 50.2 Å². The summed E-state index contributed by atoms with van der Waals surface area (Å²) in [6.45, 7) is 6.31. The van der Waals surface area contributed by atoms with E-state index < -0.39 is 16.0 Å². The van der Waals surface area contributed by atoms with Crippen LogP contribution in [0.4, 0.5) is 0 Å². The molecule has 2 aromatic carbocycles. The molecule has 0 amide bonds. The zero-order chi connectivity index (χ0) is 23.1. The van der Waals surface area contributed by atoms with E-state index in [1.807, 2.05) is 19.1 Å². The third-order valence-corrected chi connectivity index (χ3v) is 6.92. The van der Waals surface area contributed by atoms with Gasteiger partial charge >= 0.3 is 5.97 Å². The number of nitrogens with zero attached hydrogens (tertiary/aromatic N) is 1. The Morgan fingerprint density at radius 2 is 1.81 bits per heavy atom. The van der Waals surface area contributed by atoms with Gasteiger partial charge in [0.25, 0.3) is 10.0 Å². The maximum atomic E-state index is 12.8. The molecule has 172 valence electrons. The summed E-state index contributed by atoms with van der Waals surface area (Å²) < 4.78 is 36.8. The average Bonchev–Trinajstić information content (AvgIpc) is 2.79. The van der Waals surface area contributed by atoms with Crippen LogP contribution >= 0.6 is 0 Å². The molecule has 1 fully saturated rings.